The number of hydrogen-bond donors (Lipinski definition) is 2. The maximum atomic E-state index is 12.7. The standard InChI is InChI=1S/C19H21NO2S/c21-13-12-17(14-10-11-14)20-19(22)16-8-4-5-9-18(16)23-15-6-2-1-3-7-15/h1-9,14,17,21H,10-13H2,(H,20,22). The van der Waals surface area contributed by atoms with E-state index in [0.717, 1.165) is 22.6 Å². The fraction of sp³-hybridized carbons (Fsp3) is 0.316. The third-order valence-electron chi connectivity index (χ3n) is 4.05. The van der Waals surface area contributed by atoms with E-state index in [1.807, 2.05) is 54.6 Å². The lowest BCUT2D eigenvalue weighted by molar-refractivity contribution is 0.0921. The summed E-state index contributed by atoms with van der Waals surface area (Å²) in [6.45, 7) is 0.113. The Morgan fingerprint density at radius 1 is 1.13 bits per heavy atom. The summed E-state index contributed by atoms with van der Waals surface area (Å²) in [4.78, 5) is 14.7. The Morgan fingerprint density at radius 2 is 1.83 bits per heavy atom. The Bertz CT molecular complexity index is 655. The quantitative estimate of drug-likeness (QED) is 0.815. The van der Waals surface area contributed by atoms with Gasteiger partial charge in [-0.1, -0.05) is 42.1 Å². The molecule has 120 valence electrons. The largest absolute Gasteiger partial charge is 0.396 e. The number of amides is 1. The fourth-order valence-electron chi connectivity index (χ4n) is 2.67. The average Bonchev–Trinajstić information content (AvgIpc) is 3.41. The molecule has 0 heterocycles. The van der Waals surface area contributed by atoms with Gasteiger partial charge >= 0.3 is 0 Å². The van der Waals surface area contributed by atoms with Crippen LogP contribution in [0.2, 0.25) is 0 Å². The third-order valence-corrected chi connectivity index (χ3v) is 5.13. The Kier molecular flexibility index (Phi) is 5.36. The van der Waals surface area contributed by atoms with E-state index in [1.54, 1.807) is 11.8 Å². The van der Waals surface area contributed by atoms with Crippen molar-refractivity contribution in [2.24, 2.45) is 5.92 Å². The molecule has 3 rings (SSSR count). The lowest BCUT2D eigenvalue weighted by Gasteiger charge is -2.18. The highest BCUT2D eigenvalue weighted by atomic mass is 32.2. The molecule has 2 aromatic carbocycles. The van der Waals surface area contributed by atoms with Crippen molar-refractivity contribution in [2.45, 2.75) is 35.1 Å². The monoisotopic (exact) mass is 327 g/mol. The summed E-state index contributed by atoms with van der Waals surface area (Å²) in [6, 6.07) is 17.8. The summed E-state index contributed by atoms with van der Waals surface area (Å²) in [5.74, 6) is 0.481. The molecule has 0 aromatic heterocycles. The minimum atomic E-state index is -0.0469. The average molecular weight is 327 g/mol. The van der Waals surface area contributed by atoms with Crippen molar-refractivity contribution < 1.29 is 9.90 Å². The van der Waals surface area contributed by atoms with Gasteiger partial charge < -0.3 is 10.4 Å². The number of hydrogen-bond acceptors (Lipinski definition) is 3. The van der Waals surface area contributed by atoms with Gasteiger partial charge in [-0.2, -0.15) is 0 Å². The molecule has 3 nitrogen and oxygen atoms in total. The summed E-state index contributed by atoms with van der Waals surface area (Å²) in [5, 5.41) is 12.3. The molecule has 1 fully saturated rings. The fourth-order valence-corrected chi connectivity index (χ4v) is 3.63. The first-order chi connectivity index (χ1) is 11.3. The lowest BCUT2D eigenvalue weighted by Crippen LogP contribution is -2.37. The molecule has 2 aromatic rings. The topological polar surface area (TPSA) is 49.3 Å². The molecule has 0 saturated heterocycles. The molecular weight excluding hydrogens is 306 g/mol. The van der Waals surface area contributed by atoms with E-state index >= 15 is 0 Å². The van der Waals surface area contributed by atoms with E-state index in [4.69, 9.17) is 0 Å². The lowest BCUT2D eigenvalue weighted by atomic mass is 10.1. The van der Waals surface area contributed by atoms with E-state index in [-0.39, 0.29) is 18.6 Å². The molecule has 0 aliphatic heterocycles. The first-order valence-corrected chi connectivity index (χ1v) is 8.83. The Balaban J connectivity index is 1.75. The molecule has 1 amide bonds. The van der Waals surface area contributed by atoms with Crippen molar-refractivity contribution in [1.29, 1.82) is 0 Å². The van der Waals surface area contributed by atoms with Gasteiger partial charge in [-0.3, -0.25) is 4.79 Å². The van der Waals surface area contributed by atoms with E-state index < -0.39 is 0 Å². The number of carbonyl (C=O) groups excluding carboxylic acids is 1. The molecule has 0 radical (unpaired) electrons. The molecule has 4 heteroatoms. The van der Waals surface area contributed by atoms with Crippen molar-refractivity contribution in [3.63, 3.8) is 0 Å². The van der Waals surface area contributed by atoms with Gasteiger partial charge in [0, 0.05) is 22.4 Å². The zero-order chi connectivity index (χ0) is 16.1. The second-order valence-electron chi connectivity index (χ2n) is 5.84. The number of benzene rings is 2. The van der Waals surface area contributed by atoms with Crippen LogP contribution in [0.5, 0.6) is 0 Å². The number of rotatable bonds is 7. The van der Waals surface area contributed by atoms with Gasteiger partial charge in [-0.15, -0.1) is 0 Å². The van der Waals surface area contributed by atoms with Crippen LogP contribution in [0.1, 0.15) is 29.6 Å². The van der Waals surface area contributed by atoms with Crippen molar-refractivity contribution in [3.8, 4) is 0 Å². The Hall–Kier alpha value is -1.78. The van der Waals surface area contributed by atoms with Gasteiger partial charge in [-0.05, 0) is 49.4 Å². The highest BCUT2D eigenvalue weighted by Gasteiger charge is 2.32. The summed E-state index contributed by atoms with van der Waals surface area (Å²) in [7, 11) is 0. The highest BCUT2D eigenvalue weighted by molar-refractivity contribution is 7.99. The van der Waals surface area contributed by atoms with Crippen LogP contribution in [0.25, 0.3) is 0 Å². The van der Waals surface area contributed by atoms with E-state index in [9.17, 15) is 9.90 Å². The molecule has 0 spiro atoms. The van der Waals surface area contributed by atoms with Gasteiger partial charge in [0.15, 0.2) is 0 Å². The molecule has 0 bridgehead atoms. The van der Waals surface area contributed by atoms with Gasteiger partial charge in [0.1, 0.15) is 0 Å². The first-order valence-electron chi connectivity index (χ1n) is 8.01. The van der Waals surface area contributed by atoms with Gasteiger partial charge in [0.2, 0.25) is 0 Å². The van der Waals surface area contributed by atoms with Crippen LogP contribution < -0.4 is 5.32 Å². The van der Waals surface area contributed by atoms with Crippen LogP contribution in [-0.2, 0) is 0 Å². The minimum Gasteiger partial charge on any atom is -0.396 e. The number of aliphatic hydroxyl groups excluding tert-OH is 1. The summed E-state index contributed by atoms with van der Waals surface area (Å²) in [5.41, 5.74) is 0.699. The first kappa shape index (κ1) is 16.1. The molecule has 1 saturated carbocycles. The van der Waals surface area contributed by atoms with Crippen molar-refractivity contribution in [1.82, 2.24) is 5.32 Å². The van der Waals surface area contributed by atoms with E-state index in [0.29, 0.717) is 17.9 Å². The minimum absolute atomic E-state index is 0.0469. The molecule has 1 atom stereocenters. The predicted octanol–water partition coefficient (Wildman–Crippen LogP) is 3.73. The van der Waals surface area contributed by atoms with Gasteiger partial charge in [0.25, 0.3) is 5.91 Å². The molecule has 1 aliphatic rings. The van der Waals surface area contributed by atoms with Gasteiger partial charge in [0.05, 0.1) is 5.56 Å². The summed E-state index contributed by atoms with van der Waals surface area (Å²) in [6.07, 6.45) is 2.92. The number of carbonyl (C=O) groups is 1. The molecule has 23 heavy (non-hydrogen) atoms. The number of nitrogens with one attached hydrogen (secondary N) is 1. The third kappa shape index (κ3) is 4.36. The van der Waals surface area contributed by atoms with Crippen LogP contribution >= 0.6 is 11.8 Å². The molecule has 1 unspecified atom stereocenters. The van der Waals surface area contributed by atoms with Gasteiger partial charge in [-0.25, -0.2) is 0 Å². The van der Waals surface area contributed by atoms with Crippen LogP contribution in [0.3, 0.4) is 0 Å². The second kappa shape index (κ2) is 7.66. The number of aliphatic hydroxyl groups is 1. The highest BCUT2D eigenvalue weighted by Crippen LogP contribution is 2.35. The molecular formula is C19H21NO2S. The SMILES string of the molecule is O=C(NC(CCO)C1CC1)c1ccccc1Sc1ccccc1. The maximum Gasteiger partial charge on any atom is 0.252 e. The Morgan fingerprint density at radius 3 is 2.52 bits per heavy atom. The zero-order valence-corrected chi connectivity index (χ0v) is 13.8. The van der Waals surface area contributed by atoms with Crippen molar-refractivity contribution in [3.05, 3.63) is 60.2 Å². The Labute approximate surface area is 141 Å². The van der Waals surface area contributed by atoms with Crippen molar-refractivity contribution in [2.75, 3.05) is 6.61 Å². The van der Waals surface area contributed by atoms with Crippen LogP contribution in [-0.4, -0.2) is 23.7 Å². The zero-order valence-electron chi connectivity index (χ0n) is 12.9. The summed E-state index contributed by atoms with van der Waals surface area (Å²) < 4.78 is 0. The molecule has 1 aliphatic carbocycles. The van der Waals surface area contributed by atoms with Crippen LogP contribution in [0, 0.1) is 5.92 Å². The second-order valence-corrected chi connectivity index (χ2v) is 6.96. The summed E-state index contributed by atoms with van der Waals surface area (Å²) >= 11 is 1.60. The smallest absolute Gasteiger partial charge is 0.252 e. The van der Waals surface area contributed by atoms with E-state index in [2.05, 4.69) is 5.32 Å². The van der Waals surface area contributed by atoms with Crippen LogP contribution in [0.15, 0.2) is 64.4 Å². The van der Waals surface area contributed by atoms with E-state index in [1.165, 1.54) is 0 Å². The van der Waals surface area contributed by atoms with Crippen LogP contribution in [0.4, 0.5) is 0 Å². The van der Waals surface area contributed by atoms with Crippen molar-refractivity contribution >= 4 is 17.7 Å². The predicted molar refractivity (Wildman–Crippen MR) is 92.7 cm³/mol. The maximum absolute atomic E-state index is 12.7. The normalized spacial score (nSPS) is 15.2. The molecule has 2 N–H and O–H groups in total.